The van der Waals surface area contributed by atoms with Crippen LogP contribution < -0.4 is 15.2 Å². The number of methoxy groups -OCH3 is 1. The molecule has 0 radical (unpaired) electrons. The van der Waals surface area contributed by atoms with E-state index in [0.29, 0.717) is 12.2 Å². The summed E-state index contributed by atoms with van der Waals surface area (Å²) in [5.74, 6) is 1.12. The van der Waals surface area contributed by atoms with Crippen molar-refractivity contribution in [2.24, 2.45) is 5.73 Å². The van der Waals surface area contributed by atoms with Crippen molar-refractivity contribution in [3.05, 3.63) is 59.4 Å². The topological polar surface area (TPSA) is 44.5 Å². The van der Waals surface area contributed by atoms with E-state index in [2.05, 4.69) is 0 Å². The molecule has 0 bridgehead atoms. The van der Waals surface area contributed by atoms with Crippen molar-refractivity contribution in [1.29, 1.82) is 0 Å². The SMILES string of the molecule is COc1ccccc1C1CC(N)c2cc(F)ccc2O1. The number of hydrogen-bond acceptors (Lipinski definition) is 3. The van der Waals surface area contributed by atoms with E-state index in [-0.39, 0.29) is 18.0 Å². The number of hydrogen-bond donors (Lipinski definition) is 1. The fourth-order valence-corrected chi connectivity index (χ4v) is 2.60. The Labute approximate surface area is 117 Å². The number of halogens is 1. The summed E-state index contributed by atoms with van der Waals surface area (Å²) in [6, 6.07) is 11.9. The highest BCUT2D eigenvalue weighted by Crippen LogP contribution is 2.42. The van der Waals surface area contributed by atoms with Crippen LogP contribution in [0.4, 0.5) is 4.39 Å². The molecule has 2 unspecified atom stereocenters. The summed E-state index contributed by atoms with van der Waals surface area (Å²) >= 11 is 0. The first-order valence-electron chi connectivity index (χ1n) is 6.53. The van der Waals surface area contributed by atoms with Gasteiger partial charge in [0, 0.05) is 23.6 Å². The van der Waals surface area contributed by atoms with Gasteiger partial charge in [0.1, 0.15) is 23.4 Å². The fourth-order valence-electron chi connectivity index (χ4n) is 2.60. The van der Waals surface area contributed by atoms with Crippen LogP contribution in [0.3, 0.4) is 0 Å². The largest absolute Gasteiger partial charge is 0.496 e. The Bertz CT molecular complexity index is 630. The number of nitrogens with two attached hydrogens (primary N) is 1. The first-order chi connectivity index (χ1) is 9.69. The van der Waals surface area contributed by atoms with Gasteiger partial charge in [-0.15, -0.1) is 0 Å². The molecule has 104 valence electrons. The highest BCUT2D eigenvalue weighted by Gasteiger charge is 2.29. The van der Waals surface area contributed by atoms with Crippen molar-refractivity contribution in [3.63, 3.8) is 0 Å². The van der Waals surface area contributed by atoms with Crippen LogP contribution in [-0.4, -0.2) is 7.11 Å². The van der Waals surface area contributed by atoms with Crippen molar-refractivity contribution < 1.29 is 13.9 Å². The quantitative estimate of drug-likeness (QED) is 0.912. The lowest BCUT2D eigenvalue weighted by atomic mass is 9.93. The molecule has 2 N–H and O–H groups in total. The van der Waals surface area contributed by atoms with Crippen molar-refractivity contribution in [3.8, 4) is 11.5 Å². The lowest BCUT2D eigenvalue weighted by molar-refractivity contribution is 0.157. The van der Waals surface area contributed by atoms with Gasteiger partial charge in [0.25, 0.3) is 0 Å². The Kier molecular flexibility index (Phi) is 3.32. The molecule has 0 saturated heterocycles. The van der Waals surface area contributed by atoms with E-state index in [1.54, 1.807) is 13.2 Å². The van der Waals surface area contributed by atoms with E-state index in [4.69, 9.17) is 15.2 Å². The smallest absolute Gasteiger partial charge is 0.129 e. The molecule has 0 aromatic heterocycles. The lowest BCUT2D eigenvalue weighted by Gasteiger charge is -2.31. The fraction of sp³-hybridized carbons (Fsp3) is 0.250. The number of rotatable bonds is 2. The van der Waals surface area contributed by atoms with E-state index >= 15 is 0 Å². The van der Waals surface area contributed by atoms with Crippen LogP contribution in [0.2, 0.25) is 0 Å². The Morgan fingerprint density at radius 1 is 1.20 bits per heavy atom. The first kappa shape index (κ1) is 12.9. The number of ether oxygens (including phenoxy) is 2. The van der Waals surface area contributed by atoms with E-state index in [1.165, 1.54) is 12.1 Å². The molecule has 2 aromatic carbocycles. The minimum absolute atomic E-state index is 0.181. The van der Waals surface area contributed by atoms with Crippen LogP contribution in [0, 0.1) is 5.82 Å². The molecule has 0 saturated carbocycles. The van der Waals surface area contributed by atoms with Gasteiger partial charge in [-0.25, -0.2) is 4.39 Å². The van der Waals surface area contributed by atoms with Crippen molar-refractivity contribution >= 4 is 0 Å². The predicted molar refractivity (Wildman–Crippen MR) is 74.3 cm³/mol. The van der Waals surface area contributed by atoms with Gasteiger partial charge in [-0.1, -0.05) is 18.2 Å². The maximum Gasteiger partial charge on any atom is 0.129 e. The maximum absolute atomic E-state index is 13.3. The third-order valence-electron chi connectivity index (χ3n) is 3.59. The van der Waals surface area contributed by atoms with Crippen LogP contribution in [0.1, 0.15) is 29.7 Å². The highest BCUT2D eigenvalue weighted by atomic mass is 19.1. The second kappa shape index (κ2) is 5.13. The summed E-state index contributed by atoms with van der Waals surface area (Å²) < 4.78 is 24.6. The van der Waals surface area contributed by atoms with Gasteiger partial charge < -0.3 is 15.2 Å². The molecule has 2 aromatic rings. The summed E-state index contributed by atoms with van der Waals surface area (Å²) in [7, 11) is 1.63. The highest BCUT2D eigenvalue weighted by molar-refractivity contribution is 5.42. The van der Waals surface area contributed by atoms with E-state index in [1.807, 2.05) is 24.3 Å². The Morgan fingerprint density at radius 3 is 2.80 bits per heavy atom. The molecule has 2 atom stereocenters. The predicted octanol–water partition coefficient (Wildman–Crippen LogP) is 3.36. The first-order valence-corrected chi connectivity index (χ1v) is 6.53. The molecule has 3 nitrogen and oxygen atoms in total. The van der Waals surface area contributed by atoms with Crippen molar-refractivity contribution in [1.82, 2.24) is 0 Å². The molecule has 0 aliphatic carbocycles. The molecular formula is C16H16FNO2. The zero-order valence-corrected chi connectivity index (χ0v) is 11.2. The summed E-state index contributed by atoms with van der Waals surface area (Å²) in [4.78, 5) is 0. The number of para-hydroxylation sites is 1. The molecular weight excluding hydrogens is 257 g/mol. The Balaban J connectivity index is 1.97. The lowest BCUT2D eigenvalue weighted by Crippen LogP contribution is -2.24. The van der Waals surface area contributed by atoms with Crippen LogP contribution >= 0.6 is 0 Å². The monoisotopic (exact) mass is 273 g/mol. The molecule has 0 fully saturated rings. The summed E-state index contributed by atoms with van der Waals surface area (Å²) in [5.41, 5.74) is 7.82. The Hall–Kier alpha value is -2.07. The molecule has 4 heteroatoms. The zero-order chi connectivity index (χ0) is 14.1. The van der Waals surface area contributed by atoms with Crippen LogP contribution in [0.25, 0.3) is 0 Å². The third kappa shape index (κ3) is 2.23. The third-order valence-corrected chi connectivity index (χ3v) is 3.59. The molecule has 1 aliphatic heterocycles. The van der Waals surface area contributed by atoms with Crippen molar-refractivity contribution in [2.75, 3.05) is 7.11 Å². The maximum atomic E-state index is 13.3. The van der Waals surface area contributed by atoms with Gasteiger partial charge in [-0.3, -0.25) is 0 Å². The van der Waals surface area contributed by atoms with Crippen molar-refractivity contribution in [2.45, 2.75) is 18.6 Å². The van der Waals surface area contributed by atoms with Crippen LogP contribution in [-0.2, 0) is 0 Å². The van der Waals surface area contributed by atoms with Gasteiger partial charge in [0.2, 0.25) is 0 Å². The molecule has 1 aliphatic rings. The summed E-state index contributed by atoms with van der Waals surface area (Å²) in [6.45, 7) is 0. The normalized spacial score (nSPS) is 20.9. The average Bonchev–Trinajstić information content (AvgIpc) is 2.47. The molecule has 3 rings (SSSR count). The number of benzene rings is 2. The molecule has 20 heavy (non-hydrogen) atoms. The molecule has 0 amide bonds. The summed E-state index contributed by atoms with van der Waals surface area (Å²) in [5, 5.41) is 0. The van der Waals surface area contributed by atoms with Crippen LogP contribution in [0.5, 0.6) is 11.5 Å². The average molecular weight is 273 g/mol. The Morgan fingerprint density at radius 2 is 2.00 bits per heavy atom. The van der Waals surface area contributed by atoms with Gasteiger partial charge in [0.15, 0.2) is 0 Å². The molecule has 1 heterocycles. The number of fused-ring (bicyclic) bond motifs is 1. The van der Waals surface area contributed by atoms with Gasteiger partial charge in [-0.05, 0) is 24.3 Å². The minimum Gasteiger partial charge on any atom is -0.496 e. The standard InChI is InChI=1S/C16H16FNO2/c1-19-14-5-3-2-4-11(14)16-9-13(18)12-8-10(17)6-7-15(12)20-16/h2-8,13,16H,9,18H2,1H3. The molecule has 0 spiro atoms. The second-order valence-electron chi connectivity index (χ2n) is 4.87. The van der Waals surface area contributed by atoms with E-state index in [9.17, 15) is 4.39 Å². The zero-order valence-electron chi connectivity index (χ0n) is 11.2. The van der Waals surface area contributed by atoms with Gasteiger partial charge in [0.05, 0.1) is 7.11 Å². The van der Waals surface area contributed by atoms with E-state index in [0.717, 1.165) is 16.9 Å². The van der Waals surface area contributed by atoms with E-state index < -0.39 is 0 Å². The van der Waals surface area contributed by atoms with Gasteiger partial charge in [-0.2, -0.15) is 0 Å². The van der Waals surface area contributed by atoms with Gasteiger partial charge >= 0.3 is 0 Å². The van der Waals surface area contributed by atoms with Crippen LogP contribution in [0.15, 0.2) is 42.5 Å². The summed E-state index contributed by atoms with van der Waals surface area (Å²) in [6.07, 6.45) is 0.413. The minimum atomic E-state index is -0.293. The second-order valence-corrected chi connectivity index (χ2v) is 4.87.